The second-order valence-corrected chi connectivity index (χ2v) is 6.00. The van der Waals surface area contributed by atoms with Crippen LogP contribution in [-0.4, -0.2) is 37.0 Å². The van der Waals surface area contributed by atoms with Crippen LogP contribution in [0.2, 0.25) is 0 Å². The molecule has 0 radical (unpaired) electrons. The van der Waals surface area contributed by atoms with Crippen LogP contribution in [-0.2, 0) is 25.4 Å². The van der Waals surface area contributed by atoms with E-state index in [0.717, 1.165) is 17.3 Å². The summed E-state index contributed by atoms with van der Waals surface area (Å²) in [6.45, 7) is 4.11. The summed E-state index contributed by atoms with van der Waals surface area (Å²) in [6.07, 6.45) is -0.725. The van der Waals surface area contributed by atoms with Gasteiger partial charge in [0.1, 0.15) is 0 Å². The summed E-state index contributed by atoms with van der Waals surface area (Å²) < 4.78 is 15.3. The lowest BCUT2D eigenvalue weighted by atomic mass is 10.1. The standard InChI is InChI=1S/C16H22O5S/c1-12(2)15(21-16(18)22-10-9-19-3)20-14(17)11-13-7-5-4-6-8-13/h4-8,12,15H,9-11H2,1-3H3. The quantitative estimate of drug-likeness (QED) is 0.415. The molecule has 0 N–H and O–H groups in total. The molecule has 5 nitrogen and oxygen atoms in total. The molecular weight excluding hydrogens is 304 g/mol. The van der Waals surface area contributed by atoms with Gasteiger partial charge in [-0.05, 0) is 17.3 Å². The summed E-state index contributed by atoms with van der Waals surface area (Å²) in [4.78, 5) is 23.6. The average Bonchev–Trinajstić information content (AvgIpc) is 2.47. The van der Waals surface area contributed by atoms with Gasteiger partial charge < -0.3 is 14.2 Å². The van der Waals surface area contributed by atoms with Crippen LogP contribution in [0.15, 0.2) is 30.3 Å². The van der Waals surface area contributed by atoms with Crippen LogP contribution >= 0.6 is 11.8 Å². The molecule has 1 aromatic rings. The molecular formula is C16H22O5S. The minimum Gasteiger partial charge on any atom is -0.425 e. The molecule has 0 aliphatic heterocycles. The molecule has 0 fully saturated rings. The molecule has 0 heterocycles. The fourth-order valence-corrected chi connectivity index (χ4v) is 2.15. The number of carbonyl (C=O) groups is 2. The fraction of sp³-hybridized carbons (Fsp3) is 0.500. The van der Waals surface area contributed by atoms with Crippen molar-refractivity contribution in [1.29, 1.82) is 0 Å². The monoisotopic (exact) mass is 326 g/mol. The molecule has 122 valence electrons. The Labute approximate surface area is 135 Å². The Morgan fingerprint density at radius 3 is 2.41 bits per heavy atom. The molecule has 1 rings (SSSR count). The Bertz CT molecular complexity index is 461. The topological polar surface area (TPSA) is 61.8 Å². The maximum Gasteiger partial charge on any atom is 0.370 e. The zero-order chi connectivity index (χ0) is 16.4. The minimum atomic E-state index is -0.876. The predicted octanol–water partition coefficient (Wildman–Crippen LogP) is 3.27. The highest BCUT2D eigenvalue weighted by molar-refractivity contribution is 8.13. The molecule has 6 heteroatoms. The van der Waals surface area contributed by atoms with Gasteiger partial charge in [0, 0.05) is 18.8 Å². The van der Waals surface area contributed by atoms with Crippen LogP contribution in [0.5, 0.6) is 0 Å². The smallest absolute Gasteiger partial charge is 0.370 e. The van der Waals surface area contributed by atoms with Gasteiger partial charge in [-0.15, -0.1) is 0 Å². The number of hydrogen-bond acceptors (Lipinski definition) is 6. The summed E-state index contributed by atoms with van der Waals surface area (Å²) in [5.74, 6) is -0.0377. The van der Waals surface area contributed by atoms with Crippen molar-refractivity contribution in [3.63, 3.8) is 0 Å². The van der Waals surface area contributed by atoms with Crippen molar-refractivity contribution < 1.29 is 23.8 Å². The number of thioether (sulfide) groups is 1. The number of benzene rings is 1. The second kappa shape index (κ2) is 10.2. The van der Waals surface area contributed by atoms with Crippen LogP contribution in [0.25, 0.3) is 0 Å². The van der Waals surface area contributed by atoms with Gasteiger partial charge in [-0.1, -0.05) is 44.2 Å². The Hall–Kier alpha value is -1.53. The van der Waals surface area contributed by atoms with Gasteiger partial charge in [0.05, 0.1) is 13.0 Å². The number of carbonyl (C=O) groups excluding carboxylic acids is 2. The van der Waals surface area contributed by atoms with E-state index in [1.165, 1.54) is 0 Å². The van der Waals surface area contributed by atoms with Crippen molar-refractivity contribution >= 4 is 23.0 Å². The lowest BCUT2D eigenvalue weighted by Crippen LogP contribution is -2.29. The molecule has 0 aliphatic rings. The molecule has 0 amide bonds. The van der Waals surface area contributed by atoms with E-state index in [4.69, 9.17) is 14.2 Å². The molecule has 0 saturated carbocycles. The summed E-state index contributed by atoms with van der Waals surface area (Å²) in [7, 11) is 1.56. The van der Waals surface area contributed by atoms with Crippen molar-refractivity contribution in [2.75, 3.05) is 19.5 Å². The summed E-state index contributed by atoms with van der Waals surface area (Å²) in [5.41, 5.74) is 0.857. The van der Waals surface area contributed by atoms with Crippen molar-refractivity contribution in [2.45, 2.75) is 26.6 Å². The Balaban J connectivity index is 2.46. The van der Waals surface area contributed by atoms with Gasteiger partial charge in [-0.3, -0.25) is 4.79 Å². The minimum absolute atomic E-state index is 0.119. The third-order valence-corrected chi connectivity index (χ3v) is 3.41. The summed E-state index contributed by atoms with van der Waals surface area (Å²) >= 11 is 1.00. The average molecular weight is 326 g/mol. The van der Waals surface area contributed by atoms with Crippen molar-refractivity contribution in [3.05, 3.63) is 35.9 Å². The van der Waals surface area contributed by atoms with E-state index < -0.39 is 17.6 Å². The molecule has 0 aromatic heterocycles. The summed E-state index contributed by atoms with van der Waals surface area (Å²) in [5, 5.41) is -0.469. The third-order valence-electron chi connectivity index (χ3n) is 2.70. The second-order valence-electron chi connectivity index (χ2n) is 4.97. The first kappa shape index (κ1) is 18.5. The van der Waals surface area contributed by atoms with E-state index in [2.05, 4.69) is 0 Å². The van der Waals surface area contributed by atoms with Crippen LogP contribution in [0.3, 0.4) is 0 Å². The maximum atomic E-state index is 11.9. The lowest BCUT2D eigenvalue weighted by molar-refractivity contribution is -0.172. The lowest BCUT2D eigenvalue weighted by Gasteiger charge is -2.21. The van der Waals surface area contributed by atoms with E-state index >= 15 is 0 Å². The SMILES string of the molecule is COCCSC(=O)OC(OC(=O)Cc1ccccc1)C(C)C. The van der Waals surface area contributed by atoms with Crippen molar-refractivity contribution in [3.8, 4) is 0 Å². The molecule has 0 bridgehead atoms. The van der Waals surface area contributed by atoms with Crippen molar-refractivity contribution in [2.24, 2.45) is 5.92 Å². The maximum absolute atomic E-state index is 11.9. The molecule has 1 unspecified atom stereocenters. The first-order valence-corrected chi connectivity index (χ1v) is 8.07. The van der Waals surface area contributed by atoms with Gasteiger partial charge in [0.25, 0.3) is 6.29 Å². The highest BCUT2D eigenvalue weighted by atomic mass is 32.2. The largest absolute Gasteiger partial charge is 0.425 e. The highest BCUT2D eigenvalue weighted by Crippen LogP contribution is 2.15. The van der Waals surface area contributed by atoms with Crippen LogP contribution in [0.1, 0.15) is 19.4 Å². The zero-order valence-electron chi connectivity index (χ0n) is 13.1. The van der Waals surface area contributed by atoms with Crippen molar-refractivity contribution in [1.82, 2.24) is 0 Å². The van der Waals surface area contributed by atoms with Crippen LogP contribution in [0, 0.1) is 5.92 Å². The highest BCUT2D eigenvalue weighted by Gasteiger charge is 2.23. The number of hydrogen-bond donors (Lipinski definition) is 0. The Morgan fingerprint density at radius 2 is 1.82 bits per heavy atom. The van der Waals surface area contributed by atoms with E-state index in [1.54, 1.807) is 7.11 Å². The number of ether oxygens (including phenoxy) is 3. The normalized spacial score (nSPS) is 12.0. The van der Waals surface area contributed by atoms with Gasteiger partial charge >= 0.3 is 11.3 Å². The van der Waals surface area contributed by atoms with E-state index in [-0.39, 0.29) is 12.3 Å². The van der Waals surface area contributed by atoms with Gasteiger partial charge in [0.15, 0.2) is 0 Å². The molecule has 1 atom stereocenters. The van der Waals surface area contributed by atoms with Gasteiger partial charge in [0.2, 0.25) is 0 Å². The van der Waals surface area contributed by atoms with E-state index in [9.17, 15) is 9.59 Å². The zero-order valence-corrected chi connectivity index (χ0v) is 13.9. The summed E-state index contributed by atoms with van der Waals surface area (Å²) in [6, 6.07) is 9.28. The molecule has 0 spiro atoms. The molecule has 22 heavy (non-hydrogen) atoms. The first-order chi connectivity index (χ1) is 10.5. The van der Waals surface area contributed by atoms with E-state index in [1.807, 2.05) is 44.2 Å². The van der Waals surface area contributed by atoms with Crippen LogP contribution in [0.4, 0.5) is 4.79 Å². The third kappa shape index (κ3) is 7.47. The molecule has 1 aromatic carbocycles. The fourth-order valence-electron chi connectivity index (χ4n) is 1.57. The first-order valence-electron chi connectivity index (χ1n) is 7.08. The Morgan fingerprint density at radius 1 is 1.14 bits per heavy atom. The van der Waals surface area contributed by atoms with Crippen LogP contribution < -0.4 is 0 Å². The predicted molar refractivity (Wildman–Crippen MR) is 85.7 cm³/mol. The number of esters is 1. The number of rotatable bonds is 8. The van der Waals surface area contributed by atoms with E-state index in [0.29, 0.717) is 12.4 Å². The molecule has 0 aliphatic carbocycles. The Kier molecular flexibility index (Phi) is 8.62. The molecule has 0 saturated heterocycles. The van der Waals surface area contributed by atoms with Gasteiger partial charge in [-0.2, -0.15) is 0 Å². The van der Waals surface area contributed by atoms with Gasteiger partial charge in [-0.25, -0.2) is 4.79 Å². The number of methoxy groups -OCH3 is 1.